The lowest BCUT2D eigenvalue weighted by Crippen LogP contribution is -2.36. The van der Waals surface area contributed by atoms with Crippen LogP contribution in [0, 0.1) is 6.92 Å². The molecule has 5 nitrogen and oxygen atoms in total. The largest absolute Gasteiger partial charge is 0.480 e. The summed E-state index contributed by atoms with van der Waals surface area (Å²) in [4.78, 5) is 22.7. The van der Waals surface area contributed by atoms with E-state index in [1.165, 1.54) is 6.07 Å². The zero-order valence-corrected chi connectivity index (χ0v) is 11.0. The third kappa shape index (κ3) is 4.13. The van der Waals surface area contributed by atoms with E-state index in [-0.39, 0.29) is 17.2 Å². The molecule has 1 atom stereocenters. The fourth-order valence-corrected chi connectivity index (χ4v) is 1.46. The van der Waals surface area contributed by atoms with Crippen molar-refractivity contribution in [3.8, 4) is 5.75 Å². The molecule has 1 rings (SSSR count). The summed E-state index contributed by atoms with van der Waals surface area (Å²) < 4.78 is 5.42. The number of benzene rings is 1. The maximum Gasteiger partial charge on any atom is 0.339 e. The number of hydrogen-bond donors (Lipinski definition) is 2. The predicted molar refractivity (Wildman–Crippen MR) is 71.4 cm³/mol. The van der Waals surface area contributed by atoms with E-state index in [4.69, 9.17) is 9.84 Å². The molecular weight excluding hydrogens is 246 g/mol. The maximum absolute atomic E-state index is 11.6. The molecule has 2 N–H and O–H groups in total. The molecule has 1 unspecified atom stereocenters. The van der Waals surface area contributed by atoms with Gasteiger partial charge in [-0.05, 0) is 31.5 Å². The summed E-state index contributed by atoms with van der Waals surface area (Å²) >= 11 is 0. The monoisotopic (exact) mass is 263 g/mol. The Hall–Kier alpha value is -2.30. The number of ether oxygens (including phenoxy) is 1. The highest BCUT2D eigenvalue weighted by atomic mass is 16.5. The SMILES string of the molecule is C=CCNC(=O)C(C)Oc1cc(C)ccc1C(=O)O. The third-order valence-corrected chi connectivity index (χ3v) is 2.46. The minimum Gasteiger partial charge on any atom is -0.480 e. The number of aryl methyl sites for hydroxylation is 1. The molecule has 5 heteroatoms. The fraction of sp³-hybridized carbons (Fsp3) is 0.286. The molecule has 19 heavy (non-hydrogen) atoms. The Bertz CT molecular complexity index is 496. The van der Waals surface area contributed by atoms with Crippen LogP contribution in [-0.2, 0) is 4.79 Å². The zero-order chi connectivity index (χ0) is 14.4. The molecule has 102 valence electrons. The molecule has 1 aromatic carbocycles. The summed E-state index contributed by atoms with van der Waals surface area (Å²) in [6.07, 6.45) is 0.778. The Morgan fingerprint density at radius 2 is 2.21 bits per heavy atom. The van der Waals surface area contributed by atoms with Crippen LogP contribution in [0.4, 0.5) is 0 Å². The Kier molecular flexibility index (Phi) is 5.11. The van der Waals surface area contributed by atoms with Crippen molar-refractivity contribution in [1.82, 2.24) is 5.32 Å². The van der Waals surface area contributed by atoms with Crippen LogP contribution in [0.1, 0.15) is 22.8 Å². The van der Waals surface area contributed by atoms with Crippen molar-refractivity contribution >= 4 is 11.9 Å². The smallest absolute Gasteiger partial charge is 0.339 e. The number of carboxylic acids is 1. The van der Waals surface area contributed by atoms with Crippen molar-refractivity contribution in [1.29, 1.82) is 0 Å². The van der Waals surface area contributed by atoms with Crippen molar-refractivity contribution in [3.05, 3.63) is 42.0 Å². The van der Waals surface area contributed by atoms with Gasteiger partial charge in [-0.3, -0.25) is 4.79 Å². The average Bonchev–Trinajstić information content (AvgIpc) is 2.35. The summed E-state index contributed by atoms with van der Waals surface area (Å²) in [5.74, 6) is -1.22. The number of carbonyl (C=O) groups excluding carboxylic acids is 1. The first-order valence-corrected chi connectivity index (χ1v) is 5.85. The van der Waals surface area contributed by atoms with Gasteiger partial charge in [0.1, 0.15) is 11.3 Å². The molecule has 0 saturated carbocycles. The van der Waals surface area contributed by atoms with Crippen molar-refractivity contribution in [2.75, 3.05) is 6.54 Å². The second-order valence-electron chi connectivity index (χ2n) is 4.10. The fourth-order valence-electron chi connectivity index (χ4n) is 1.46. The van der Waals surface area contributed by atoms with Gasteiger partial charge in [0.15, 0.2) is 6.10 Å². The number of amides is 1. The van der Waals surface area contributed by atoms with Crippen LogP contribution in [0.3, 0.4) is 0 Å². The molecule has 1 aromatic rings. The van der Waals surface area contributed by atoms with E-state index in [2.05, 4.69) is 11.9 Å². The van der Waals surface area contributed by atoms with Crippen LogP contribution in [0.2, 0.25) is 0 Å². The van der Waals surface area contributed by atoms with E-state index in [9.17, 15) is 9.59 Å². The van der Waals surface area contributed by atoms with Gasteiger partial charge >= 0.3 is 5.97 Å². The van der Waals surface area contributed by atoms with E-state index < -0.39 is 12.1 Å². The van der Waals surface area contributed by atoms with E-state index >= 15 is 0 Å². The van der Waals surface area contributed by atoms with Crippen LogP contribution in [-0.4, -0.2) is 29.6 Å². The second-order valence-corrected chi connectivity index (χ2v) is 4.10. The summed E-state index contributed by atoms with van der Waals surface area (Å²) in [6.45, 7) is 7.21. The second kappa shape index (κ2) is 6.58. The number of nitrogens with one attached hydrogen (secondary N) is 1. The van der Waals surface area contributed by atoms with Gasteiger partial charge in [0.25, 0.3) is 5.91 Å². The van der Waals surface area contributed by atoms with Gasteiger partial charge in [0.05, 0.1) is 0 Å². The first-order valence-electron chi connectivity index (χ1n) is 5.85. The van der Waals surface area contributed by atoms with Crippen LogP contribution in [0.25, 0.3) is 0 Å². The first kappa shape index (κ1) is 14.8. The standard InChI is InChI=1S/C14H17NO4/c1-4-7-15-13(16)10(3)19-12-8-9(2)5-6-11(12)14(17)18/h4-6,8,10H,1,7H2,2-3H3,(H,15,16)(H,17,18). The Balaban J connectivity index is 2.86. The van der Waals surface area contributed by atoms with Gasteiger partial charge in [-0.25, -0.2) is 4.79 Å². The molecule has 0 heterocycles. The number of carboxylic acid groups (broad SMARTS) is 1. The van der Waals surface area contributed by atoms with Crippen LogP contribution >= 0.6 is 0 Å². The van der Waals surface area contributed by atoms with Gasteiger partial charge in [-0.1, -0.05) is 12.1 Å². The minimum absolute atomic E-state index is 0.0361. The molecule has 0 spiro atoms. The zero-order valence-electron chi connectivity index (χ0n) is 11.0. The number of hydrogen-bond acceptors (Lipinski definition) is 3. The summed E-state index contributed by atoms with van der Waals surface area (Å²) in [7, 11) is 0. The van der Waals surface area contributed by atoms with Crippen LogP contribution in [0.5, 0.6) is 5.75 Å². The van der Waals surface area contributed by atoms with Crippen molar-refractivity contribution < 1.29 is 19.4 Å². The number of rotatable bonds is 6. The molecule has 1 amide bonds. The van der Waals surface area contributed by atoms with E-state index in [0.717, 1.165) is 5.56 Å². The van der Waals surface area contributed by atoms with Crippen molar-refractivity contribution in [2.24, 2.45) is 0 Å². The Labute approximate surface area is 111 Å². The van der Waals surface area contributed by atoms with E-state index in [1.807, 2.05) is 6.92 Å². The molecule has 0 aliphatic carbocycles. The summed E-state index contributed by atoms with van der Waals surface area (Å²) in [5, 5.41) is 11.6. The third-order valence-electron chi connectivity index (χ3n) is 2.46. The van der Waals surface area contributed by atoms with Gasteiger partial charge in [0.2, 0.25) is 0 Å². The molecular formula is C14H17NO4. The highest BCUT2D eigenvalue weighted by molar-refractivity contribution is 5.91. The van der Waals surface area contributed by atoms with Gasteiger partial charge < -0.3 is 15.2 Å². The lowest BCUT2D eigenvalue weighted by molar-refractivity contribution is -0.127. The van der Waals surface area contributed by atoms with Crippen molar-refractivity contribution in [3.63, 3.8) is 0 Å². The molecule has 0 radical (unpaired) electrons. The van der Waals surface area contributed by atoms with Gasteiger partial charge in [-0.2, -0.15) is 0 Å². The molecule has 0 aliphatic heterocycles. The molecule has 0 bridgehead atoms. The quantitative estimate of drug-likeness (QED) is 0.767. The van der Waals surface area contributed by atoms with Crippen LogP contribution < -0.4 is 10.1 Å². The molecule has 0 aliphatic rings. The molecule has 0 aromatic heterocycles. The normalized spacial score (nSPS) is 11.5. The Morgan fingerprint density at radius 3 is 2.79 bits per heavy atom. The molecule has 0 fully saturated rings. The average molecular weight is 263 g/mol. The number of aromatic carboxylic acids is 1. The summed E-state index contributed by atoms with van der Waals surface area (Å²) in [6, 6.07) is 4.74. The van der Waals surface area contributed by atoms with E-state index in [0.29, 0.717) is 6.54 Å². The van der Waals surface area contributed by atoms with Gasteiger partial charge in [0, 0.05) is 6.54 Å². The highest BCUT2D eigenvalue weighted by Gasteiger charge is 2.18. The molecule has 0 saturated heterocycles. The Morgan fingerprint density at radius 1 is 1.53 bits per heavy atom. The highest BCUT2D eigenvalue weighted by Crippen LogP contribution is 2.21. The van der Waals surface area contributed by atoms with Crippen LogP contribution in [0.15, 0.2) is 30.9 Å². The lowest BCUT2D eigenvalue weighted by Gasteiger charge is -2.16. The van der Waals surface area contributed by atoms with Gasteiger partial charge in [-0.15, -0.1) is 6.58 Å². The van der Waals surface area contributed by atoms with E-state index in [1.54, 1.807) is 25.1 Å². The maximum atomic E-state index is 11.6. The summed E-state index contributed by atoms with van der Waals surface area (Å²) in [5.41, 5.74) is 0.896. The van der Waals surface area contributed by atoms with Crippen molar-refractivity contribution in [2.45, 2.75) is 20.0 Å². The lowest BCUT2D eigenvalue weighted by atomic mass is 10.1. The number of carbonyl (C=O) groups is 2. The predicted octanol–water partition coefficient (Wildman–Crippen LogP) is 1.76. The first-order chi connectivity index (χ1) is 8.95. The topological polar surface area (TPSA) is 75.6 Å². The minimum atomic E-state index is -1.09.